The maximum atomic E-state index is 12.2. The number of nitrogens with zero attached hydrogens (tertiary/aromatic N) is 2. The van der Waals surface area contributed by atoms with Gasteiger partial charge in [-0.2, -0.15) is 4.31 Å². The summed E-state index contributed by atoms with van der Waals surface area (Å²) in [6, 6.07) is 7.51. The highest BCUT2D eigenvalue weighted by atomic mass is 32.2. The van der Waals surface area contributed by atoms with Gasteiger partial charge < -0.3 is 0 Å². The smallest absolute Gasteiger partial charge is 0.211 e. The summed E-state index contributed by atoms with van der Waals surface area (Å²) < 4.78 is 26.3. The highest BCUT2D eigenvalue weighted by Gasteiger charge is 2.44. The molecule has 0 saturated carbocycles. The Bertz CT molecular complexity index is 731. The molecule has 3 aliphatic rings. The van der Waals surface area contributed by atoms with Crippen LogP contribution in [0.3, 0.4) is 0 Å². The van der Waals surface area contributed by atoms with Gasteiger partial charge in [0, 0.05) is 31.7 Å². The van der Waals surface area contributed by atoms with E-state index in [-0.39, 0.29) is 6.04 Å². The van der Waals surface area contributed by atoms with Gasteiger partial charge in [-0.15, -0.1) is 0 Å². The molecule has 0 aliphatic carbocycles. The molecular weight excluding hydrogens is 320 g/mol. The third kappa shape index (κ3) is 2.80. The molecule has 0 bridgehead atoms. The molecule has 2 saturated heterocycles. The van der Waals surface area contributed by atoms with E-state index in [2.05, 4.69) is 30.0 Å². The van der Waals surface area contributed by atoms with E-state index in [4.69, 9.17) is 0 Å². The molecule has 3 unspecified atom stereocenters. The average Bonchev–Trinajstić information content (AvgIpc) is 2.58. The summed E-state index contributed by atoms with van der Waals surface area (Å²) in [4.78, 5) is 2.61. The number of hydrogen-bond acceptors (Lipinski definition) is 3. The lowest BCUT2D eigenvalue weighted by molar-refractivity contribution is 0.0222. The summed E-state index contributed by atoms with van der Waals surface area (Å²) >= 11 is 0. The number of sulfonamides is 1. The van der Waals surface area contributed by atoms with Crippen LogP contribution in [0.5, 0.6) is 0 Å². The zero-order valence-corrected chi connectivity index (χ0v) is 15.6. The van der Waals surface area contributed by atoms with Gasteiger partial charge in [-0.1, -0.05) is 25.1 Å². The zero-order chi connectivity index (χ0) is 16.9. The van der Waals surface area contributed by atoms with E-state index in [1.54, 1.807) is 4.31 Å². The number of piperidine rings is 2. The second-order valence-corrected chi connectivity index (χ2v) is 9.66. The molecule has 1 aromatic rings. The van der Waals surface area contributed by atoms with E-state index in [1.807, 2.05) is 0 Å². The van der Waals surface area contributed by atoms with Crippen molar-refractivity contribution in [2.45, 2.75) is 51.1 Å². The Balaban J connectivity index is 1.66. The van der Waals surface area contributed by atoms with Crippen LogP contribution >= 0.6 is 0 Å². The average molecular weight is 349 g/mol. The Labute approximate surface area is 145 Å². The van der Waals surface area contributed by atoms with Gasteiger partial charge in [-0.25, -0.2) is 8.42 Å². The van der Waals surface area contributed by atoms with Crippen LogP contribution in [0, 0.1) is 5.92 Å². The lowest BCUT2D eigenvalue weighted by Crippen LogP contribution is -2.57. The molecular formula is C19H28N2O2S. The van der Waals surface area contributed by atoms with Crippen LogP contribution in [0.15, 0.2) is 18.2 Å². The van der Waals surface area contributed by atoms with Gasteiger partial charge in [-0.05, 0) is 54.7 Å². The fourth-order valence-corrected chi connectivity index (χ4v) is 6.31. The van der Waals surface area contributed by atoms with Crippen LogP contribution in [-0.2, 0) is 22.9 Å². The van der Waals surface area contributed by atoms with Crippen molar-refractivity contribution in [3.63, 3.8) is 0 Å². The molecule has 0 spiro atoms. The van der Waals surface area contributed by atoms with E-state index in [1.165, 1.54) is 29.4 Å². The van der Waals surface area contributed by atoms with Crippen LogP contribution in [-0.4, -0.2) is 49.6 Å². The first-order valence-corrected chi connectivity index (χ1v) is 11.1. The summed E-state index contributed by atoms with van der Waals surface area (Å²) in [5, 5.41) is 0. The third-order valence-electron chi connectivity index (χ3n) is 6.31. The Kier molecular flexibility index (Phi) is 4.22. The van der Waals surface area contributed by atoms with Crippen molar-refractivity contribution in [1.29, 1.82) is 0 Å². The van der Waals surface area contributed by atoms with Crippen molar-refractivity contribution in [2.24, 2.45) is 5.92 Å². The second-order valence-electron chi connectivity index (χ2n) is 7.73. The van der Waals surface area contributed by atoms with Gasteiger partial charge in [0.05, 0.1) is 6.26 Å². The van der Waals surface area contributed by atoms with Crippen molar-refractivity contribution in [3.8, 4) is 0 Å². The van der Waals surface area contributed by atoms with Gasteiger partial charge in [-0.3, -0.25) is 4.90 Å². The lowest BCUT2D eigenvalue weighted by atomic mass is 9.77. The Hall–Kier alpha value is -0.910. The van der Waals surface area contributed by atoms with E-state index >= 15 is 0 Å². The standard InChI is InChI=1S/C19H28N2O2S/c1-3-14-6-7-17-15(11-14)8-10-20-13-16-5-4-9-21(24(2,22)23)18(16)12-19(17)20/h6-7,11,16,18-19H,3-5,8-10,12-13H2,1-2H3. The van der Waals surface area contributed by atoms with E-state index < -0.39 is 10.0 Å². The van der Waals surface area contributed by atoms with Crippen molar-refractivity contribution in [1.82, 2.24) is 9.21 Å². The van der Waals surface area contributed by atoms with Crippen LogP contribution in [0.4, 0.5) is 0 Å². The first-order chi connectivity index (χ1) is 11.5. The summed E-state index contributed by atoms with van der Waals surface area (Å²) in [7, 11) is -3.11. The van der Waals surface area contributed by atoms with Crippen LogP contribution in [0.25, 0.3) is 0 Å². The molecule has 0 amide bonds. The molecule has 132 valence electrons. The van der Waals surface area contributed by atoms with E-state index in [0.717, 1.165) is 38.8 Å². The number of aryl methyl sites for hydroxylation is 1. The van der Waals surface area contributed by atoms with Crippen LogP contribution < -0.4 is 0 Å². The molecule has 3 aliphatic heterocycles. The Morgan fingerprint density at radius 2 is 2.08 bits per heavy atom. The molecule has 5 heteroatoms. The van der Waals surface area contributed by atoms with Crippen molar-refractivity contribution < 1.29 is 8.42 Å². The number of rotatable bonds is 2. The fourth-order valence-electron chi connectivity index (χ4n) is 5.10. The summed E-state index contributed by atoms with van der Waals surface area (Å²) in [6.07, 6.45) is 6.71. The van der Waals surface area contributed by atoms with Crippen molar-refractivity contribution in [2.75, 3.05) is 25.9 Å². The third-order valence-corrected chi connectivity index (χ3v) is 7.62. The van der Waals surface area contributed by atoms with Crippen molar-refractivity contribution >= 4 is 10.0 Å². The Morgan fingerprint density at radius 3 is 2.83 bits per heavy atom. The summed E-state index contributed by atoms with van der Waals surface area (Å²) in [5.41, 5.74) is 4.33. The normalized spacial score (nSPS) is 31.2. The molecule has 3 atom stereocenters. The Morgan fingerprint density at radius 1 is 1.25 bits per heavy atom. The summed E-state index contributed by atoms with van der Waals surface area (Å²) in [6.45, 7) is 5.08. The van der Waals surface area contributed by atoms with Gasteiger partial charge in [0.15, 0.2) is 0 Å². The molecule has 0 aromatic heterocycles. The van der Waals surface area contributed by atoms with Crippen LogP contribution in [0.1, 0.15) is 48.9 Å². The molecule has 0 N–H and O–H groups in total. The quantitative estimate of drug-likeness (QED) is 0.825. The summed E-state index contributed by atoms with van der Waals surface area (Å²) in [5.74, 6) is 0.501. The number of benzene rings is 1. The van der Waals surface area contributed by atoms with Gasteiger partial charge in [0.25, 0.3) is 0 Å². The maximum Gasteiger partial charge on any atom is 0.211 e. The number of fused-ring (bicyclic) bond motifs is 4. The molecule has 3 heterocycles. The molecule has 4 nitrogen and oxygen atoms in total. The topological polar surface area (TPSA) is 40.6 Å². The van der Waals surface area contributed by atoms with E-state index in [0.29, 0.717) is 18.5 Å². The minimum absolute atomic E-state index is 0.187. The first-order valence-electron chi connectivity index (χ1n) is 9.30. The predicted molar refractivity (Wildman–Crippen MR) is 96.5 cm³/mol. The first kappa shape index (κ1) is 16.6. The zero-order valence-electron chi connectivity index (χ0n) is 14.7. The largest absolute Gasteiger partial charge is 0.296 e. The van der Waals surface area contributed by atoms with Gasteiger partial charge in [0.2, 0.25) is 10.0 Å². The molecule has 24 heavy (non-hydrogen) atoms. The highest BCUT2D eigenvalue weighted by Crippen LogP contribution is 2.43. The molecule has 2 fully saturated rings. The van der Waals surface area contributed by atoms with Crippen LogP contribution in [0.2, 0.25) is 0 Å². The minimum Gasteiger partial charge on any atom is -0.296 e. The van der Waals surface area contributed by atoms with Gasteiger partial charge in [0.1, 0.15) is 0 Å². The lowest BCUT2D eigenvalue weighted by Gasteiger charge is -2.51. The maximum absolute atomic E-state index is 12.2. The second kappa shape index (κ2) is 6.11. The fraction of sp³-hybridized carbons (Fsp3) is 0.684. The SMILES string of the molecule is CCc1ccc2c(c1)CCN1CC3CCCN(S(C)(=O)=O)C3CC21. The molecule has 0 radical (unpaired) electrons. The molecule has 1 aromatic carbocycles. The highest BCUT2D eigenvalue weighted by molar-refractivity contribution is 7.88. The predicted octanol–water partition coefficient (Wildman–Crippen LogP) is 2.59. The van der Waals surface area contributed by atoms with Gasteiger partial charge >= 0.3 is 0 Å². The number of hydrogen-bond donors (Lipinski definition) is 0. The minimum atomic E-state index is -3.11. The van der Waals surface area contributed by atoms with Crippen molar-refractivity contribution in [3.05, 3.63) is 34.9 Å². The monoisotopic (exact) mass is 348 g/mol. The van der Waals surface area contributed by atoms with E-state index in [9.17, 15) is 8.42 Å². The molecule has 4 rings (SSSR count).